The van der Waals surface area contributed by atoms with Crippen molar-refractivity contribution in [3.8, 4) is 0 Å². The number of nitrogens with one attached hydrogen (secondary N) is 1. The smallest absolute Gasteiger partial charge is 0.0646 e. The van der Waals surface area contributed by atoms with Gasteiger partial charge in [0.2, 0.25) is 0 Å². The Morgan fingerprint density at radius 3 is 2.89 bits per heavy atom. The van der Waals surface area contributed by atoms with Gasteiger partial charge in [-0.3, -0.25) is 4.68 Å². The van der Waals surface area contributed by atoms with E-state index in [2.05, 4.69) is 24.3 Å². The summed E-state index contributed by atoms with van der Waals surface area (Å²) in [6.07, 6.45) is 1.05. The van der Waals surface area contributed by atoms with Gasteiger partial charge in [-0.05, 0) is 27.2 Å². The summed E-state index contributed by atoms with van der Waals surface area (Å²) >= 11 is 0. The molecule has 5 nitrogen and oxygen atoms in total. The first-order valence-corrected chi connectivity index (χ1v) is 6.52. The fourth-order valence-electron chi connectivity index (χ4n) is 2.41. The number of hydrogen-bond acceptors (Lipinski definition) is 4. The quantitative estimate of drug-likeness (QED) is 0.813. The topological polar surface area (TPSA) is 59.3 Å². The highest BCUT2D eigenvalue weighted by Crippen LogP contribution is 2.20. The maximum absolute atomic E-state index is 8.99. The number of ether oxygens (including phenoxy) is 1. The van der Waals surface area contributed by atoms with Gasteiger partial charge in [0.25, 0.3) is 0 Å². The molecule has 0 radical (unpaired) electrons. The molecule has 18 heavy (non-hydrogen) atoms. The van der Waals surface area contributed by atoms with Gasteiger partial charge >= 0.3 is 0 Å². The molecule has 1 aromatic rings. The standard InChI is InChI=1S/C13H23N3O2/c1-10-12(11(2)16(15-10)5-6-17)8-14-13(3)4-7-18-9-13/h14,17H,4-9H2,1-3H3. The van der Waals surface area contributed by atoms with Crippen molar-refractivity contribution in [2.24, 2.45) is 0 Å². The summed E-state index contributed by atoms with van der Waals surface area (Å²) < 4.78 is 7.31. The Labute approximate surface area is 108 Å². The minimum absolute atomic E-state index is 0.0813. The van der Waals surface area contributed by atoms with Gasteiger partial charge in [0, 0.05) is 29.9 Å². The normalized spacial score (nSPS) is 23.8. The summed E-state index contributed by atoms with van der Waals surface area (Å²) in [7, 11) is 0. The van der Waals surface area contributed by atoms with Crippen LogP contribution in [0.25, 0.3) is 0 Å². The molecule has 0 spiro atoms. The van der Waals surface area contributed by atoms with Crippen LogP contribution in [-0.2, 0) is 17.8 Å². The molecule has 1 saturated heterocycles. The predicted molar refractivity (Wildman–Crippen MR) is 69.5 cm³/mol. The second-order valence-corrected chi connectivity index (χ2v) is 5.31. The van der Waals surface area contributed by atoms with Crippen LogP contribution in [0.3, 0.4) is 0 Å². The number of nitrogens with zero attached hydrogens (tertiary/aromatic N) is 2. The van der Waals surface area contributed by atoms with Crippen molar-refractivity contribution >= 4 is 0 Å². The predicted octanol–water partition coefficient (Wildman–Crippen LogP) is 0.761. The minimum atomic E-state index is 0.0813. The van der Waals surface area contributed by atoms with Gasteiger partial charge in [-0.2, -0.15) is 5.10 Å². The Morgan fingerprint density at radius 1 is 1.50 bits per heavy atom. The molecule has 2 N–H and O–H groups in total. The van der Waals surface area contributed by atoms with Crippen LogP contribution in [0, 0.1) is 13.8 Å². The molecule has 1 aromatic heterocycles. The molecule has 0 amide bonds. The molecular formula is C13H23N3O2. The van der Waals surface area contributed by atoms with Gasteiger partial charge in [-0.1, -0.05) is 0 Å². The van der Waals surface area contributed by atoms with E-state index in [0.717, 1.165) is 37.6 Å². The molecule has 1 aliphatic heterocycles. The lowest BCUT2D eigenvalue weighted by atomic mass is 10.0. The van der Waals surface area contributed by atoms with E-state index in [0.29, 0.717) is 6.54 Å². The van der Waals surface area contributed by atoms with Crippen molar-refractivity contribution in [2.75, 3.05) is 19.8 Å². The van der Waals surface area contributed by atoms with E-state index >= 15 is 0 Å². The minimum Gasteiger partial charge on any atom is -0.394 e. The lowest BCUT2D eigenvalue weighted by molar-refractivity contribution is 0.171. The van der Waals surface area contributed by atoms with Crippen molar-refractivity contribution in [3.63, 3.8) is 0 Å². The second-order valence-electron chi connectivity index (χ2n) is 5.31. The van der Waals surface area contributed by atoms with Gasteiger partial charge in [0.15, 0.2) is 0 Å². The summed E-state index contributed by atoms with van der Waals surface area (Å²) in [6.45, 7) is 9.38. The van der Waals surface area contributed by atoms with Gasteiger partial charge < -0.3 is 15.2 Å². The number of aromatic nitrogens is 2. The Hall–Kier alpha value is -0.910. The molecule has 0 bridgehead atoms. The van der Waals surface area contributed by atoms with E-state index in [1.807, 2.05) is 11.6 Å². The number of hydrogen-bond donors (Lipinski definition) is 2. The first kappa shape index (κ1) is 13.5. The van der Waals surface area contributed by atoms with Crippen LogP contribution < -0.4 is 5.32 Å². The van der Waals surface area contributed by atoms with Crippen molar-refractivity contribution in [1.82, 2.24) is 15.1 Å². The first-order valence-electron chi connectivity index (χ1n) is 6.52. The maximum Gasteiger partial charge on any atom is 0.0646 e. The molecule has 0 aromatic carbocycles. The van der Waals surface area contributed by atoms with E-state index in [9.17, 15) is 0 Å². The highest BCUT2D eigenvalue weighted by atomic mass is 16.5. The molecule has 1 fully saturated rings. The van der Waals surface area contributed by atoms with Crippen LogP contribution in [0.1, 0.15) is 30.3 Å². The zero-order valence-electron chi connectivity index (χ0n) is 11.5. The van der Waals surface area contributed by atoms with Crippen LogP contribution in [0.15, 0.2) is 0 Å². The zero-order chi connectivity index (χ0) is 13.2. The Balaban J connectivity index is 2.04. The van der Waals surface area contributed by atoms with Gasteiger partial charge in [0.05, 0.1) is 25.5 Å². The molecule has 1 aliphatic rings. The fraction of sp³-hybridized carbons (Fsp3) is 0.769. The summed E-state index contributed by atoms with van der Waals surface area (Å²) in [4.78, 5) is 0. The van der Waals surface area contributed by atoms with Gasteiger partial charge in [0.1, 0.15) is 0 Å². The van der Waals surface area contributed by atoms with Crippen LogP contribution in [0.4, 0.5) is 0 Å². The zero-order valence-corrected chi connectivity index (χ0v) is 11.5. The van der Waals surface area contributed by atoms with Crippen molar-refractivity contribution in [3.05, 3.63) is 17.0 Å². The second kappa shape index (κ2) is 5.38. The third-order valence-electron chi connectivity index (χ3n) is 3.75. The molecule has 102 valence electrons. The van der Waals surface area contributed by atoms with Crippen molar-refractivity contribution < 1.29 is 9.84 Å². The third-order valence-corrected chi connectivity index (χ3v) is 3.75. The average Bonchev–Trinajstić information content (AvgIpc) is 2.85. The Bertz CT molecular complexity index is 409. The molecule has 5 heteroatoms. The maximum atomic E-state index is 8.99. The summed E-state index contributed by atoms with van der Waals surface area (Å²) in [6, 6.07) is 0. The third kappa shape index (κ3) is 2.74. The number of aryl methyl sites for hydroxylation is 1. The van der Waals surface area contributed by atoms with Crippen molar-refractivity contribution in [1.29, 1.82) is 0 Å². The fourth-order valence-corrected chi connectivity index (χ4v) is 2.41. The molecule has 2 heterocycles. The first-order chi connectivity index (χ1) is 8.56. The molecule has 1 unspecified atom stereocenters. The summed E-state index contributed by atoms with van der Waals surface area (Å²) in [5, 5.41) is 17.0. The van der Waals surface area contributed by atoms with Gasteiger partial charge in [-0.15, -0.1) is 0 Å². The lowest BCUT2D eigenvalue weighted by Gasteiger charge is -2.23. The molecule has 2 rings (SSSR count). The number of rotatable bonds is 5. The Morgan fingerprint density at radius 2 is 2.28 bits per heavy atom. The van der Waals surface area contributed by atoms with Crippen LogP contribution in [0.5, 0.6) is 0 Å². The van der Waals surface area contributed by atoms with E-state index in [-0.39, 0.29) is 12.1 Å². The Kier molecular flexibility index (Phi) is 4.04. The molecule has 0 aliphatic carbocycles. The van der Waals surface area contributed by atoms with E-state index in [1.54, 1.807) is 0 Å². The summed E-state index contributed by atoms with van der Waals surface area (Å²) in [5.41, 5.74) is 3.49. The lowest BCUT2D eigenvalue weighted by Crippen LogP contribution is -2.42. The van der Waals surface area contributed by atoms with Crippen LogP contribution in [0.2, 0.25) is 0 Å². The van der Waals surface area contributed by atoms with Crippen LogP contribution >= 0.6 is 0 Å². The van der Waals surface area contributed by atoms with Gasteiger partial charge in [-0.25, -0.2) is 0 Å². The van der Waals surface area contributed by atoms with E-state index in [4.69, 9.17) is 9.84 Å². The highest BCUT2D eigenvalue weighted by Gasteiger charge is 2.29. The summed E-state index contributed by atoms with van der Waals surface area (Å²) in [5.74, 6) is 0. The molecule has 0 saturated carbocycles. The number of aliphatic hydroxyl groups is 1. The monoisotopic (exact) mass is 253 g/mol. The number of aliphatic hydroxyl groups excluding tert-OH is 1. The average molecular weight is 253 g/mol. The van der Waals surface area contributed by atoms with Crippen molar-refractivity contribution in [2.45, 2.75) is 45.8 Å². The van der Waals surface area contributed by atoms with Crippen LogP contribution in [-0.4, -0.2) is 40.2 Å². The SMILES string of the molecule is Cc1nn(CCO)c(C)c1CNC1(C)CCOC1. The molecule has 1 atom stereocenters. The van der Waals surface area contributed by atoms with E-state index in [1.165, 1.54) is 5.56 Å². The largest absolute Gasteiger partial charge is 0.394 e. The molecular weight excluding hydrogens is 230 g/mol. The van der Waals surface area contributed by atoms with E-state index < -0.39 is 0 Å². The highest BCUT2D eigenvalue weighted by molar-refractivity contribution is 5.24.